The van der Waals surface area contributed by atoms with E-state index in [9.17, 15) is 9.59 Å². The predicted molar refractivity (Wildman–Crippen MR) is 108 cm³/mol. The summed E-state index contributed by atoms with van der Waals surface area (Å²) in [6, 6.07) is 10.3. The van der Waals surface area contributed by atoms with Crippen molar-refractivity contribution < 1.29 is 9.59 Å². The monoisotopic (exact) mass is 476 g/mol. The Balaban J connectivity index is 1.70. The number of halogens is 3. The molecule has 2 aromatic carbocycles. The Hall–Kier alpha value is -1.31. The van der Waals surface area contributed by atoms with Gasteiger partial charge in [0.25, 0.3) is 0 Å². The van der Waals surface area contributed by atoms with Gasteiger partial charge in [0.2, 0.25) is 0 Å². The molecule has 7 heteroatoms. The first-order valence-corrected chi connectivity index (χ1v) is 11.8. The molecule has 0 fully saturated rings. The third-order valence-electron chi connectivity index (χ3n) is 3.58. The van der Waals surface area contributed by atoms with Gasteiger partial charge in [-0.3, -0.25) is 0 Å². The molecular formula is C17H15Cl2IN2O2. The minimum absolute atomic E-state index is 0.372. The van der Waals surface area contributed by atoms with E-state index in [2.05, 4.69) is 17.6 Å². The Morgan fingerprint density at radius 2 is 1.75 bits per heavy atom. The molecule has 0 saturated carbocycles. The van der Waals surface area contributed by atoms with Crippen LogP contribution >= 0.6 is 43.0 Å². The fourth-order valence-corrected chi connectivity index (χ4v) is 7.80. The van der Waals surface area contributed by atoms with Crippen LogP contribution < -0.4 is 10.6 Å². The molecule has 0 aromatic heterocycles. The second-order valence-corrected chi connectivity index (χ2v) is 11.9. The first kappa shape index (κ1) is 17.5. The fraction of sp³-hybridized carbons (Fsp3) is 0.176. The normalized spacial score (nSPS) is 14.5. The van der Waals surface area contributed by atoms with Crippen LogP contribution in [-0.2, 0) is 11.2 Å². The van der Waals surface area contributed by atoms with Crippen molar-refractivity contribution in [2.24, 2.45) is 0 Å². The van der Waals surface area contributed by atoms with E-state index < -0.39 is 19.8 Å². The number of benzene rings is 2. The fourth-order valence-electron chi connectivity index (χ4n) is 2.51. The number of nitrogens with one attached hydrogen (secondary N) is 2. The molecule has 3 rings (SSSR count). The van der Waals surface area contributed by atoms with Crippen molar-refractivity contribution in [2.45, 2.75) is 13.3 Å². The minimum atomic E-state index is -1.66. The average Bonchev–Trinajstić information content (AvgIpc) is 2.85. The van der Waals surface area contributed by atoms with Crippen LogP contribution in [-0.4, -0.2) is 14.2 Å². The van der Waals surface area contributed by atoms with E-state index in [0.29, 0.717) is 31.6 Å². The van der Waals surface area contributed by atoms with E-state index in [-0.39, 0.29) is 6.03 Å². The summed E-state index contributed by atoms with van der Waals surface area (Å²) in [5.41, 5.74) is 2.28. The van der Waals surface area contributed by atoms with Gasteiger partial charge in [-0.25, -0.2) is 0 Å². The van der Waals surface area contributed by atoms with E-state index in [1.807, 2.05) is 18.2 Å². The van der Waals surface area contributed by atoms with E-state index in [0.717, 1.165) is 9.99 Å². The van der Waals surface area contributed by atoms with Crippen molar-refractivity contribution in [1.82, 2.24) is 0 Å². The Bertz CT molecular complexity index is 826. The number of carbonyl (C=O) groups excluding carboxylic acids is 2. The van der Waals surface area contributed by atoms with Crippen LogP contribution in [0.5, 0.6) is 0 Å². The van der Waals surface area contributed by atoms with Crippen LogP contribution in [0.4, 0.5) is 16.2 Å². The summed E-state index contributed by atoms with van der Waals surface area (Å²) in [4.78, 5) is 24.2. The van der Waals surface area contributed by atoms with E-state index in [1.54, 1.807) is 18.2 Å². The van der Waals surface area contributed by atoms with Gasteiger partial charge in [0.1, 0.15) is 0 Å². The molecular weight excluding hydrogens is 462 g/mol. The third-order valence-corrected chi connectivity index (χ3v) is 10.1. The van der Waals surface area contributed by atoms with Gasteiger partial charge in [0.15, 0.2) is 0 Å². The summed E-state index contributed by atoms with van der Waals surface area (Å²) in [6.45, 7) is 2.08. The Labute approximate surface area is 157 Å². The zero-order valence-corrected chi connectivity index (χ0v) is 16.5. The summed E-state index contributed by atoms with van der Waals surface area (Å²) in [6.07, 6.45) is 0.498. The number of alkyl halides is 1. The molecule has 24 heavy (non-hydrogen) atoms. The van der Waals surface area contributed by atoms with Crippen LogP contribution in [0.2, 0.25) is 10.0 Å². The van der Waals surface area contributed by atoms with E-state index in [4.69, 9.17) is 23.2 Å². The van der Waals surface area contributed by atoms with E-state index in [1.165, 1.54) is 3.57 Å². The summed E-state index contributed by atoms with van der Waals surface area (Å²) in [5, 5.41) is 6.29. The van der Waals surface area contributed by atoms with E-state index >= 15 is 0 Å². The van der Waals surface area contributed by atoms with Crippen LogP contribution in [0.25, 0.3) is 0 Å². The molecule has 2 amide bonds. The molecule has 1 aliphatic rings. The van der Waals surface area contributed by atoms with Gasteiger partial charge in [-0.2, -0.15) is 0 Å². The first-order chi connectivity index (χ1) is 11.5. The van der Waals surface area contributed by atoms with Gasteiger partial charge in [-0.05, 0) is 0 Å². The number of amides is 2. The second-order valence-electron chi connectivity index (χ2n) is 5.18. The maximum atomic E-state index is 12.1. The number of anilines is 2. The first-order valence-electron chi connectivity index (χ1n) is 7.32. The number of urea groups is 1. The topological polar surface area (TPSA) is 58.2 Å². The van der Waals surface area contributed by atoms with Gasteiger partial charge in [0, 0.05) is 0 Å². The second kappa shape index (κ2) is 7.29. The summed E-state index contributed by atoms with van der Waals surface area (Å²) in [7, 11) is 0. The van der Waals surface area contributed by atoms with Crippen molar-refractivity contribution in [3.05, 3.63) is 55.6 Å². The Morgan fingerprint density at radius 3 is 2.42 bits per heavy atom. The van der Waals surface area contributed by atoms with Crippen LogP contribution in [0.1, 0.15) is 12.5 Å². The van der Waals surface area contributed by atoms with Crippen LogP contribution in [0.15, 0.2) is 36.4 Å². The molecule has 0 spiro atoms. The van der Waals surface area contributed by atoms with Gasteiger partial charge >= 0.3 is 158 Å². The number of rotatable bonds is 3. The molecule has 2 N–H and O–H groups in total. The summed E-state index contributed by atoms with van der Waals surface area (Å²) < 4.78 is 2.58. The molecule has 1 heterocycles. The van der Waals surface area contributed by atoms with Gasteiger partial charge in [-0.1, -0.05) is 0 Å². The van der Waals surface area contributed by atoms with Crippen molar-refractivity contribution in [1.29, 1.82) is 0 Å². The standard InChI is InChI=1S/C17H15Cl2IN2O2/c1-2-20-15-6-4-11(7-10(15)8-16(20)23)21-17(24)22-12-3-5-13(18)14(19)9-12/h3-7,9H,2,8H2,1H3,(H2,21,22,24). The maximum absolute atomic E-state index is 12.1. The molecule has 2 aromatic rings. The molecule has 4 nitrogen and oxygen atoms in total. The van der Waals surface area contributed by atoms with Crippen molar-refractivity contribution >= 4 is 64.2 Å². The Morgan fingerprint density at radius 1 is 1.08 bits per heavy atom. The molecule has 0 saturated heterocycles. The third kappa shape index (κ3) is 3.68. The van der Waals surface area contributed by atoms with Crippen molar-refractivity contribution in [3.8, 4) is 0 Å². The number of carbonyl (C=O) groups is 2. The van der Waals surface area contributed by atoms with Crippen molar-refractivity contribution in [3.63, 3.8) is 0 Å². The molecule has 126 valence electrons. The molecule has 0 radical (unpaired) electrons. The zero-order chi connectivity index (χ0) is 17.3. The quantitative estimate of drug-likeness (QED) is 0.353. The summed E-state index contributed by atoms with van der Waals surface area (Å²) in [5.74, 6) is 0. The molecule has 0 aliphatic carbocycles. The Kier molecular flexibility index (Phi) is 5.32. The summed E-state index contributed by atoms with van der Waals surface area (Å²) >= 11 is 10.1. The predicted octanol–water partition coefficient (Wildman–Crippen LogP) is 5.42. The number of hydrogen-bond donors (Lipinski definition) is 2. The molecule has 0 atom stereocenters. The SMILES string of the molecule is CCI1C(=O)Cc2cc(NC(=O)Nc3ccc(Cl)c(Cl)c3)ccc21. The van der Waals surface area contributed by atoms with Gasteiger partial charge in [-0.15, -0.1) is 0 Å². The number of fused-ring (bicyclic) bond motifs is 1. The average molecular weight is 477 g/mol. The van der Waals surface area contributed by atoms with Crippen LogP contribution in [0, 0.1) is 3.57 Å². The molecule has 0 unspecified atom stereocenters. The van der Waals surface area contributed by atoms with Gasteiger partial charge < -0.3 is 0 Å². The zero-order valence-electron chi connectivity index (χ0n) is 12.8. The van der Waals surface area contributed by atoms with Crippen LogP contribution in [0.3, 0.4) is 0 Å². The van der Waals surface area contributed by atoms with Crippen molar-refractivity contribution in [2.75, 3.05) is 15.1 Å². The molecule has 1 aliphatic heterocycles. The molecule has 0 bridgehead atoms. The number of hydrogen-bond acceptors (Lipinski definition) is 2. The van der Waals surface area contributed by atoms with Gasteiger partial charge in [0.05, 0.1) is 0 Å².